The number of ether oxygens (including phenoxy) is 2. The van der Waals surface area contributed by atoms with E-state index in [1.165, 1.54) is 6.07 Å². The third-order valence-electron chi connectivity index (χ3n) is 3.20. The number of benzene rings is 2. The molecule has 0 aromatic heterocycles. The van der Waals surface area contributed by atoms with Gasteiger partial charge >= 0.3 is 0 Å². The summed E-state index contributed by atoms with van der Waals surface area (Å²) >= 11 is 0. The molecule has 2 N–H and O–H groups in total. The maximum absolute atomic E-state index is 13.5. The van der Waals surface area contributed by atoms with E-state index in [1.807, 2.05) is 0 Å². The number of hydrogen-bond donors (Lipinski definition) is 2. The Balaban J connectivity index is 1.59. The van der Waals surface area contributed by atoms with Gasteiger partial charge in [0.25, 0.3) is 0 Å². The average Bonchev–Trinajstić information content (AvgIpc) is 2.54. The van der Waals surface area contributed by atoms with Crippen LogP contribution in [0.2, 0.25) is 0 Å². The van der Waals surface area contributed by atoms with E-state index in [2.05, 4.69) is 10.6 Å². The molecule has 0 saturated carbocycles. The normalized spacial score (nSPS) is 12.6. The highest BCUT2D eigenvalue weighted by molar-refractivity contribution is 5.94. The van der Waals surface area contributed by atoms with E-state index in [1.54, 1.807) is 18.2 Å². The van der Waals surface area contributed by atoms with Crippen LogP contribution in [-0.2, 0) is 4.79 Å². The predicted octanol–water partition coefficient (Wildman–Crippen LogP) is 2.79. The number of anilines is 2. The smallest absolute Gasteiger partial charge is 0.243 e. The first-order valence-corrected chi connectivity index (χ1v) is 7.00. The molecule has 2 aromatic carbocycles. The second-order valence-corrected chi connectivity index (χ2v) is 4.88. The molecule has 120 valence electrons. The van der Waals surface area contributed by atoms with E-state index in [0.717, 1.165) is 12.1 Å². The van der Waals surface area contributed by atoms with Gasteiger partial charge in [0.2, 0.25) is 5.91 Å². The highest BCUT2D eigenvalue weighted by Crippen LogP contribution is 2.32. The Morgan fingerprint density at radius 2 is 1.83 bits per heavy atom. The zero-order valence-electron chi connectivity index (χ0n) is 12.1. The molecule has 0 spiro atoms. The van der Waals surface area contributed by atoms with E-state index < -0.39 is 11.6 Å². The summed E-state index contributed by atoms with van der Waals surface area (Å²) < 4.78 is 37.1. The van der Waals surface area contributed by atoms with Gasteiger partial charge in [0.1, 0.15) is 24.8 Å². The van der Waals surface area contributed by atoms with E-state index in [4.69, 9.17) is 9.47 Å². The molecule has 1 heterocycles. The summed E-state index contributed by atoms with van der Waals surface area (Å²) in [4.78, 5) is 11.9. The van der Waals surface area contributed by atoms with Gasteiger partial charge in [0.15, 0.2) is 11.5 Å². The summed E-state index contributed by atoms with van der Waals surface area (Å²) in [6.07, 6.45) is 0. The largest absolute Gasteiger partial charge is 0.486 e. The Bertz CT molecular complexity index is 737. The SMILES string of the molecule is O=C(CNc1ccc(F)cc1F)Nc1ccc2c(c1)OCCO2. The van der Waals surface area contributed by atoms with Crippen molar-refractivity contribution in [3.63, 3.8) is 0 Å². The third kappa shape index (κ3) is 3.68. The molecule has 0 unspecified atom stereocenters. The fourth-order valence-electron chi connectivity index (χ4n) is 2.13. The fraction of sp³-hybridized carbons (Fsp3) is 0.188. The molecule has 23 heavy (non-hydrogen) atoms. The summed E-state index contributed by atoms with van der Waals surface area (Å²) in [6.45, 7) is 0.790. The Labute approximate surface area is 131 Å². The van der Waals surface area contributed by atoms with Gasteiger partial charge in [-0.3, -0.25) is 4.79 Å². The van der Waals surface area contributed by atoms with Crippen LogP contribution in [-0.4, -0.2) is 25.7 Å². The summed E-state index contributed by atoms with van der Waals surface area (Å²) in [7, 11) is 0. The minimum atomic E-state index is -0.753. The maximum Gasteiger partial charge on any atom is 0.243 e. The van der Waals surface area contributed by atoms with Crippen LogP contribution in [0.25, 0.3) is 0 Å². The van der Waals surface area contributed by atoms with Gasteiger partial charge in [-0.2, -0.15) is 0 Å². The van der Waals surface area contributed by atoms with Crippen LogP contribution < -0.4 is 20.1 Å². The molecule has 0 fully saturated rings. The van der Waals surface area contributed by atoms with Gasteiger partial charge in [-0.15, -0.1) is 0 Å². The first kappa shape index (κ1) is 15.1. The van der Waals surface area contributed by atoms with Gasteiger partial charge in [-0.1, -0.05) is 0 Å². The van der Waals surface area contributed by atoms with Crippen LogP contribution in [0.5, 0.6) is 11.5 Å². The van der Waals surface area contributed by atoms with Crippen molar-refractivity contribution in [3.8, 4) is 11.5 Å². The zero-order chi connectivity index (χ0) is 16.2. The van der Waals surface area contributed by atoms with E-state index >= 15 is 0 Å². The van der Waals surface area contributed by atoms with Gasteiger partial charge in [-0.05, 0) is 24.3 Å². The molecule has 0 saturated heterocycles. The van der Waals surface area contributed by atoms with Crippen LogP contribution in [0.1, 0.15) is 0 Å². The van der Waals surface area contributed by atoms with Crippen molar-refractivity contribution in [2.75, 3.05) is 30.4 Å². The Morgan fingerprint density at radius 1 is 1.04 bits per heavy atom. The number of rotatable bonds is 4. The van der Waals surface area contributed by atoms with Crippen molar-refractivity contribution >= 4 is 17.3 Å². The molecule has 1 aliphatic heterocycles. The molecule has 0 atom stereocenters. The van der Waals surface area contributed by atoms with Crippen molar-refractivity contribution in [1.82, 2.24) is 0 Å². The molecule has 1 amide bonds. The number of carbonyl (C=O) groups excluding carboxylic acids is 1. The lowest BCUT2D eigenvalue weighted by molar-refractivity contribution is -0.114. The lowest BCUT2D eigenvalue weighted by Gasteiger charge is -2.19. The number of nitrogens with one attached hydrogen (secondary N) is 2. The van der Waals surface area contributed by atoms with Gasteiger partial charge in [0, 0.05) is 17.8 Å². The summed E-state index contributed by atoms with van der Waals surface area (Å²) in [5.41, 5.74) is 0.601. The van der Waals surface area contributed by atoms with Crippen molar-refractivity contribution in [3.05, 3.63) is 48.0 Å². The number of amides is 1. The van der Waals surface area contributed by atoms with E-state index in [-0.39, 0.29) is 18.1 Å². The molecule has 0 bridgehead atoms. The van der Waals surface area contributed by atoms with Crippen molar-refractivity contribution < 1.29 is 23.0 Å². The molecule has 0 aliphatic carbocycles. The lowest BCUT2D eigenvalue weighted by Crippen LogP contribution is -2.22. The molecule has 2 aromatic rings. The summed E-state index contributed by atoms with van der Waals surface area (Å²) in [5.74, 6) is -0.608. The van der Waals surface area contributed by atoms with E-state index in [0.29, 0.717) is 30.4 Å². The van der Waals surface area contributed by atoms with Crippen molar-refractivity contribution in [1.29, 1.82) is 0 Å². The highest BCUT2D eigenvalue weighted by atomic mass is 19.1. The van der Waals surface area contributed by atoms with E-state index in [9.17, 15) is 13.6 Å². The third-order valence-corrected chi connectivity index (χ3v) is 3.20. The fourth-order valence-corrected chi connectivity index (χ4v) is 2.13. The second-order valence-electron chi connectivity index (χ2n) is 4.88. The maximum atomic E-state index is 13.5. The average molecular weight is 320 g/mol. The molecule has 0 radical (unpaired) electrons. The summed E-state index contributed by atoms with van der Waals surface area (Å²) in [5, 5.41) is 5.27. The van der Waals surface area contributed by atoms with Crippen LogP contribution in [0, 0.1) is 11.6 Å². The second kappa shape index (κ2) is 6.51. The van der Waals surface area contributed by atoms with Crippen LogP contribution >= 0.6 is 0 Å². The zero-order valence-corrected chi connectivity index (χ0v) is 12.1. The van der Waals surface area contributed by atoms with Gasteiger partial charge in [0.05, 0.1) is 12.2 Å². The van der Waals surface area contributed by atoms with Gasteiger partial charge in [-0.25, -0.2) is 8.78 Å². The summed E-state index contributed by atoms with van der Waals surface area (Å²) in [6, 6.07) is 8.15. The first-order valence-electron chi connectivity index (χ1n) is 7.00. The quantitative estimate of drug-likeness (QED) is 0.909. The van der Waals surface area contributed by atoms with Gasteiger partial charge < -0.3 is 20.1 Å². The number of halogens is 2. The van der Waals surface area contributed by atoms with Crippen LogP contribution in [0.4, 0.5) is 20.2 Å². The van der Waals surface area contributed by atoms with Crippen LogP contribution in [0.15, 0.2) is 36.4 Å². The minimum Gasteiger partial charge on any atom is -0.486 e. The van der Waals surface area contributed by atoms with Crippen molar-refractivity contribution in [2.45, 2.75) is 0 Å². The Morgan fingerprint density at radius 3 is 2.61 bits per heavy atom. The van der Waals surface area contributed by atoms with Crippen LogP contribution in [0.3, 0.4) is 0 Å². The molecule has 3 rings (SSSR count). The number of hydrogen-bond acceptors (Lipinski definition) is 4. The minimum absolute atomic E-state index is 0.0590. The predicted molar refractivity (Wildman–Crippen MR) is 80.9 cm³/mol. The molecule has 7 heteroatoms. The Hall–Kier alpha value is -2.83. The standard InChI is InChI=1S/C16H14F2N2O3/c17-10-1-3-13(12(18)7-10)19-9-16(21)20-11-2-4-14-15(8-11)23-6-5-22-14/h1-4,7-8,19H,5-6,9H2,(H,20,21). The molecule has 5 nitrogen and oxygen atoms in total. The first-order chi connectivity index (χ1) is 11.1. The topological polar surface area (TPSA) is 59.6 Å². The Kier molecular flexibility index (Phi) is 4.27. The monoisotopic (exact) mass is 320 g/mol. The highest BCUT2D eigenvalue weighted by Gasteiger charge is 2.13. The number of fused-ring (bicyclic) bond motifs is 1. The van der Waals surface area contributed by atoms with Crippen molar-refractivity contribution in [2.24, 2.45) is 0 Å². The molecule has 1 aliphatic rings. The number of carbonyl (C=O) groups is 1. The lowest BCUT2D eigenvalue weighted by atomic mass is 10.2. The molecular formula is C16H14F2N2O3. The molecular weight excluding hydrogens is 306 g/mol.